The topological polar surface area (TPSA) is 90.4 Å². The highest BCUT2D eigenvalue weighted by atomic mass is 19.1. The van der Waals surface area contributed by atoms with Gasteiger partial charge in [-0.2, -0.15) is 0 Å². The summed E-state index contributed by atoms with van der Waals surface area (Å²) in [5.74, 6) is -3.22. The number of ketones is 1. The molecule has 2 amide bonds. The molecule has 1 N–H and O–H groups in total. The molecule has 5 rings (SSSR count). The monoisotopic (exact) mass is 493 g/mol. The molecule has 0 bridgehead atoms. The van der Waals surface area contributed by atoms with Crippen molar-refractivity contribution in [3.8, 4) is 0 Å². The minimum Gasteiger partial charge on any atom is -0.507 e. The van der Waals surface area contributed by atoms with Crippen LogP contribution in [0.25, 0.3) is 5.76 Å². The Hall–Kier alpha value is -3.56. The first-order valence-corrected chi connectivity index (χ1v) is 12.2. The van der Waals surface area contributed by atoms with Gasteiger partial charge in [-0.15, -0.1) is 0 Å². The largest absolute Gasteiger partial charge is 0.507 e. The molecule has 2 aromatic rings. The molecule has 1 unspecified atom stereocenters. The van der Waals surface area contributed by atoms with E-state index in [-0.39, 0.29) is 17.7 Å². The van der Waals surface area contributed by atoms with Gasteiger partial charge in [-0.25, -0.2) is 4.39 Å². The number of fused-ring (bicyclic) bond motifs is 2. The summed E-state index contributed by atoms with van der Waals surface area (Å²) >= 11 is 0. The summed E-state index contributed by atoms with van der Waals surface area (Å²) in [4.78, 5) is 46.2. The highest BCUT2D eigenvalue weighted by molar-refractivity contribution is 6.50. The van der Waals surface area contributed by atoms with Crippen LogP contribution in [0.1, 0.15) is 24.5 Å². The van der Waals surface area contributed by atoms with Crippen molar-refractivity contribution in [2.45, 2.75) is 18.9 Å². The third-order valence-electron chi connectivity index (χ3n) is 7.20. The number of anilines is 1. The molecular weight excluding hydrogens is 465 g/mol. The number of nitrogens with zero attached hydrogens (tertiary/aromatic N) is 3. The van der Waals surface area contributed by atoms with Gasteiger partial charge in [0.25, 0.3) is 17.6 Å². The molecule has 3 heterocycles. The molecule has 1 spiro atoms. The van der Waals surface area contributed by atoms with Gasteiger partial charge in [0.1, 0.15) is 11.6 Å². The number of aliphatic hydroxyl groups is 1. The Balaban J connectivity index is 1.64. The number of likely N-dealkylation sites (tertiary alicyclic amines) is 1. The average Bonchev–Trinajstić information content (AvgIpc) is 3.27. The van der Waals surface area contributed by atoms with Crippen molar-refractivity contribution in [3.05, 3.63) is 71.0 Å². The van der Waals surface area contributed by atoms with Crippen LogP contribution in [0.2, 0.25) is 0 Å². The van der Waals surface area contributed by atoms with Crippen molar-refractivity contribution in [1.29, 1.82) is 0 Å². The zero-order chi connectivity index (χ0) is 25.4. The van der Waals surface area contributed by atoms with E-state index >= 15 is 0 Å². The Morgan fingerprint density at radius 2 is 1.72 bits per heavy atom. The summed E-state index contributed by atoms with van der Waals surface area (Å²) in [5.41, 5.74) is -0.841. The smallest absolute Gasteiger partial charge is 0.296 e. The van der Waals surface area contributed by atoms with Gasteiger partial charge in [0, 0.05) is 43.9 Å². The molecule has 3 aliphatic heterocycles. The molecular formula is C27H28FN3O5. The number of carbonyl (C=O) groups is 3. The van der Waals surface area contributed by atoms with Crippen LogP contribution in [0.4, 0.5) is 10.1 Å². The quantitative estimate of drug-likeness (QED) is 0.378. The fourth-order valence-electron chi connectivity index (χ4n) is 5.51. The van der Waals surface area contributed by atoms with E-state index in [1.807, 2.05) is 6.92 Å². The maximum Gasteiger partial charge on any atom is 0.296 e. The second kappa shape index (κ2) is 9.48. The summed E-state index contributed by atoms with van der Waals surface area (Å²) in [6.45, 7) is 5.80. The van der Waals surface area contributed by atoms with Gasteiger partial charge in [-0.3, -0.25) is 19.3 Å². The number of amides is 2. The zero-order valence-corrected chi connectivity index (χ0v) is 20.1. The van der Waals surface area contributed by atoms with Gasteiger partial charge in [0.15, 0.2) is 5.54 Å². The molecule has 36 heavy (non-hydrogen) atoms. The third-order valence-corrected chi connectivity index (χ3v) is 7.20. The molecule has 188 valence electrons. The molecule has 0 saturated carbocycles. The standard InChI is InChI=1S/C27H28FN3O5/c1-2-30-21-7-4-3-6-20(21)27(26(30)35)22(23(32)18-8-10-19(28)11-9-18)24(33)25(34)31(27)13-5-12-29-14-16-36-17-15-29/h3-4,6-11,32H,2,5,12-17H2,1H3. The number of para-hydroxylation sites is 1. The van der Waals surface area contributed by atoms with Crippen LogP contribution in [0, 0.1) is 5.82 Å². The second-order valence-electron chi connectivity index (χ2n) is 9.10. The SMILES string of the molecule is CCN1C(=O)C2(C(=C(O)c3ccc(F)cc3)C(=O)C(=O)N2CCCN2CCOCC2)c2ccccc21. The van der Waals surface area contributed by atoms with Crippen LogP contribution in [0.15, 0.2) is 54.1 Å². The Labute approximate surface area is 208 Å². The molecule has 0 aliphatic carbocycles. The number of ether oxygens (including phenoxy) is 1. The van der Waals surface area contributed by atoms with Gasteiger partial charge >= 0.3 is 0 Å². The molecule has 0 aromatic heterocycles. The Bertz CT molecular complexity index is 1240. The van der Waals surface area contributed by atoms with E-state index in [0.29, 0.717) is 44.0 Å². The lowest BCUT2D eigenvalue weighted by molar-refractivity contribution is -0.143. The Morgan fingerprint density at radius 1 is 1.03 bits per heavy atom. The molecule has 2 fully saturated rings. The van der Waals surface area contributed by atoms with Crippen LogP contribution in [0.5, 0.6) is 0 Å². The number of carbonyl (C=O) groups excluding carboxylic acids is 3. The molecule has 8 nitrogen and oxygen atoms in total. The van der Waals surface area contributed by atoms with E-state index in [1.54, 1.807) is 24.3 Å². The van der Waals surface area contributed by atoms with E-state index in [9.17, 15) is 23.9 Å². The minimum atomic E-state index is -1.79. The van der Waals surface area contributed by atoms with Gasteiger partial charge in [-0.05, 0) is 43.7 Å². The lowest BCUT2D eigenvalue weighted by Gasteiger charge is -2.35. The molecule has 2 saturated heterocycles. The van der Waals surface area contributed by atoms with Gasteiger partial charge in [0.05, 0.1) is 24.5 Å². The summed E-state index contributed by atoms with van der Waals surface area (Å²) < 4.78 is 19.0. The van der Waals surface area contributed by atoms with E-state index in [0.717, 1.165) is 25.2 Å². The maximum absolute atomic E-state index is 14.1. The third kappa shape index (κ3) is 3.61. The molecule has 2 aromatic carbocycles. The number of aliphatic hydroxyl groups excluding tert-OH is 1. The normalized spacial score (nSPS) is 23.7. The first-order valence-electron chi connectivity index (χ1n) is 12.2. The lowest BCUT2D eigenvalue weighted by atomic mass is 9.82. The van der Waals surface area contributed by atoms with Crippen molar-refractivity contribution in [1.82, 2.24) is 9.80 Å². The van der Waals surface area contributed by atoms with E-state index < -0.39 is 34.7 Å². The zero-order valence-electron chi connectivity index (χ0n) is 20.1. The summed E-state index contributed by atoms with van der Waals surface area (Å²) in [6, 6.07) is 12.0. The predicted molar refractivity (Wildman–Crippen MR) is 131 cm³/mol. The fraction of sp³-hybridized carbons (Fsp3) is 0.370. The predicted octanol–water partition coefficient (Wildman–Crippen LogP) is 2.49. The highest BCUT2D eigenvalue weighted by Crippen LogP contribution is 2.53. The molecule has 0 radical (unpaired) electrons. The number of rotatable bonds is 6. The number of likely N-dealkylation sites (N-methyl/N-ethyl adjacent to an activating group) is 1. The van der Waals surface area contributed by atoms with E-state index in [2.05, 4.69) is 4.90 Å². The van der Waals surface area contributed by atoms with Crippen molar-refractivity contribution in [3.63, 3.8) is 0 Å². The van der Waals surface area contributed by atoms with E-state index in [4.69, 9.17) is 4.74 Å². The van der Waals surface area contributed by atoms with Crippen LogP contribution in [-0.4, -0.2) is 78.4 Å². The van der Waals surface area contributed by atoms with Crippen molar-refractivity contribution in [2.75, 3.05) is 50.8 Å². The molecule has 9 heteroatoms. The first-order chi connectivity index (χ1) is 17.4. The van der Waals surface area contributed by atoms with Crippen LogP contribution >= 0.6 is 0 Å². The van der Waals surface area contributed by atoms with Crippen LogP contribution in [0.3, 0.4) is 0 Å². The number of hydrogen-bond donors (Lipinski definition) is 1. The van der Waals surface area contributed by atoms with Crippen molar-refractivity contribution < 1.29 is 28.6 Å². The van der Waals surface area contributed by atoms with Crippen molar-refractivity contribution in [2.24, 2.45) is 0 Å². The number of halogens is 1. The van der Waals surface area contributed by atoms with Gasteiger partial charge < -0.3 is 19.6 Å². The lowest BCUT2D eigenvalue weighted by Crippen LogP contribution is -2.52. The number of benzene rings is 2. The summed E-state index contributed by atoms with van der Waals surface area (Å²) in [5, 5.41) is 11.3. The maximum atomic E-state index is 14.1. The summed E-state index contributed by atoms with van der Waals surface area (Å²) in [6.07, 6.45) is 0.535. The first kappa shape index (κ1) is 24.1. The van der Waals surface area contributed by atoms with Crippen molar-refractivity contribution >= 4 is 29.0 Å². The number of morpholine rings is 1. The highest BCUT2D eigenvalue weighted by Gasteiger charge is 2.66. The van der Waals surface area contributed by atoms with E-state index in [1.165, 1.54) is 21.9 Å². The minimum absolute atomic E-state index is 0.153. The fourth-order valence-corrected chi connectivity index (χ4v) is 5.51. The van der Waals surface area contributed by atoms with Gasteiger partial charge in [-0.1, -0.05) is 18.2 Å². The second-order valence-corrected chi connectivity index (χ2v) is 9.10. The van der Waals surface area contributed by atoms with Crippen LogP contribution in [-0.2, 0) is 24.7 Å². The molecule has 3 aliphatic rings. The Morgan fingerprint density at radius 3 is 2.42 bits per heavy atom. The number of Topliss-reactive ketones (excluding diaryl/α,β-unsaturated/α-hetero) is 1. The van der Waals surface area contributed by atoms with Crippen LogP contribution < -0.4 is 4.90 Å². The van der Waals surface area contributed by atoms with Gasteiger partial charge in [0.2, 0.25) is 0 Å². The average molecular weight is 494 g/mol. The Kier molecular flexibility index (Phi) is 6.36. The summed E-state index contributed by atoms with van der Waals surface area (Å²) in [7, 11) is 0. The number of hydrogen-bond acceptors (Lipinski definition) is 6. The molecule has 1 atom stereocenters.